The molecule has 0 atom stereocenters. The number of fused-ring (bicyclic) bond motifs is 3. The molecule has 0 aliphatic carbocycles. The first-order valence-electron chi connectivity index (χ1n) is 11.8. The number of para-hydroxylation sites is 1. The van der Waals surface area contributed by atoms with Gasteiger partial charge in [-0.1, -0.05) is 60.7 Å². The van der Waals surface area contributed by atoms with E-state index in [1.807, 2.05) is 32.0 Å². The van der Waals surface area contributed by atoms with E-state index in [2.05, 4.69) is 98.0 Å². The third kappa shape index (κ3) is 3.52. The highest BCUT2D eigenvalue weighted by atomic mass is 15.0. The predicted molar refractivity (Wildman–Crippen MR) is 146 cm³/mol. The van der Waals surface area contributed by atoms with Crippen molar-refractivity contribution in [3.63, 3.8) is 0 Å². The zero-order chi connectivity index (χ0) is 24.8. The Morgan fingerprint density at radius 2 is 1.39 bits per heavy atom. The molecule has 172 valence electrons. The highest BCUT2D eigenvalue weighted by Crippen LogP contribution is 2.37. The molecular weight excluding hydrogens is 442 g/mol. The fraction of sp³-hybridized carbons (Fsp3) is 0.0968. The van der Waals surface area contributed by atoms with Crippen molar-refractivity contribution in [1.29, 1.82) is 0 Å². The standard InChI is InChI=1S/C31H23N5/c1-19-9-5-6-10-24(19)22-13-15-26-25-11-7-8-12-29(25)36(30(26)17-22)23-14-16-28(32-4)27(18-23)31-34-20(2)33-21(3)35-31/h5-18H,1-3H3. The van der Waals surface area contributed by atoms with Crippen LogP contribution in [0.4, 0.5) is 5.69 Å². The highest BCUT2D eigenvalue weighted by Gasteiger charge is 2.17. The van der Waals surface area contributed by atoms with E-state index in [4.69, 9.17) is 6.57 Å². The van der Waals surface area contributed by atoms with Gasteiger partial charge in [0.15, 0.2) is 11.5 Å². The van der Waals surface area contributed by atoms with Crippen molar-refractivity contribution in [2.75, 3.05) is 0 Å². The summed E-state index contributed by atoms with van der Waals surface area (Å²) in [5.41, 5.74) is 8.04. The van der Waals surface area contributed by atoms with Gasteiger partial charge in [0.25, 0.3) is 0 Å². The summed E-state index contributed by atoms with van der Waals surface area (Å²) in [5, 5.41) is 2.37. The topological polar surface area (TPSA) is 48.0 Å². The number of aryl methyl sites for hydroxylation is 3. The van der Waals surface area contributed by atoms with Crippen molar-refractivity contribution in [2.24, 2.45) is 0 Å². The minimum Gasteiger partial charge on any atom is -0.309 e. The Morgan fingerprint density at radius 1 is 0.667 bits per heavy atom. The second-order valence-electron chi connectivity index (χ2n) is 8.97. The molecule has 0 aliphatic heterocycles. The number of hydrogen-bond donors (Lipinski definition) is 0. The van der Waals surface area contributed by atoms with Crippen LogP contribution in [0.25, 0.3) is 54.9 Å². The lowest BCUT2D eigenvalue weighted by Crippen LogP contribution is -2.00. The maximum absolute atomic E-state index is 7.74. The first kappa shape index (κ1) is 21.7. The van der Waals surface area contributed by atoms with Gasteiger partial charge in [0, 0.05) is 22.0 Å². The van der Waals surface area contributed by atoms with Crippen LogP contribution in [-0.2, 0) is 0 Å². The van der Waals surface area contributed by atoms with Crippen LogP contribution >= 0.6 is 0 Å². The van der Waals surface area contributed by atoms with E-state index in [0.29, 0.717) is 28.7 Å². The maximum atomic E-state index is 7.74. The van der Waals surface area contributed by atoms with E-state index < -0.39 is 0 Å². The molecule has 0 N–H and O–H groups in total. The first-order valence-corrected chi connectivity index (χ1v) is 11.8. The van der Waals surface area contributed by atoms with E-state index in [1.54, 1.807) is 0 Å². The number of benzene rings is 4. The summed E-state index contributed by atoms with van der Waals surface area (Å²) < 4.78 is 2.27. The molecule has 0 radical (unpaired) electrons. The van der Waals surface area contributed by atoms with E-state index >= 15 is 0 Å². The summed E-state index contributed by atoms with van der Waals surface area (Å²) in [7, 11) is 0. The minimum absolute atomic E-state index is 0.519. The van der Waals surface area contributed by atoms with E-state index in [1.165, 1.54) is 27.5 Å². The summed E-state index contributed by atoms with van der Waals surface area (Å²) in [6, 6.07) is 29.5. The second-order valence-corrected chi connectivity index (χ2v) is 8.97. The third-order valence-corrected chi connectivity index (χ3v) is 6.59. The Morgan fingerprint density at radius 3 is 2.17 bits per heavy atom. The monoisotopic (exact) mass is 465 g/mol. The lowest BCUT2D eigenvalue weighted by Gasteiger charge is -2.12. The van der Waals surface area contributed by atoms with E-state index in [9.17, 15) is 0 Å². The van der Waals surface area contributed by atoms with Gasteiger partial charge in [0.1, 0.15) is 11.6 Å². The quantitative estimate of drug-likeness (QED) is 0.251. The van der Waals surface area contributed by atoms with Gasteiger partial charge in [-0.15, -0.1) is 0 Å². The van der Waals surface area contributed by atoms with Crippen LogP contribution in [-0.4, -0.2) is 19.5 Å². The molecule has 0 bridgehead atoms. The van der Waals surface area contributed by atoms with E-state index in [0.717, 1.165) is 16.7 Å². The fourth-order valence-electron chi connectivity index (χ4n) is 4.99. The van der Waals surface area contributed by atoms with Crippen LogP contribution in [0.15, 0.2) is 84.9 Å². The Bertz CT molecular complexity index is 1820. The van der Waals surface area contributed by atoms with Gasteiger partial charge >= 0.3 is 0 Å². The van der Waals surface area contributed by atoms with Gasteiger partial charge in [0.05, 0.1) is 17.6 Å². The molecule has 0 unspecified atom stereocenters. The Kier molecular flexibility index (Phi) is 5.09. The fourth-order valence-corrected chi connectivity index (χ4v) is 4.99. The number of nitrogens with zero attached hydrogens (tertiary/aromatic N) is 5. The van der Waals surface area contributed by atoms with Crippen LogP contribution in [0.3, 0.4) is 0 Å². The van der Waals surface area contributed by atoms with Crippen molar-refractivity contribution in [1.82, 2.24) is 19.5 Å². The molecular formula is C31H23N5. The molecule has 0 aliphatic rings. The van der Waals surface area contributed by atoms with Gasteiger partial charge < -0.3 is 4.57 Å². The van der Waals surface area contributed by atoms with Crippen molar-refractivity contribution in [3.05, 3.63) is 114 Å². The number of rotatable bonds is 3. The Labute approximate surface area is 209 Å². The van der Waals surface area contributed by atoms with Crippen molar-refractivity contribution in [3.8, 4) is 28.2 Å². The molecule has 2 aromatic heterocycles. The molecule has 0 amide bonds. The average molecular weight is 466 g/mol. The molecule has 0 spiro atoms. The predicted octanol–water partition coefficient (Wildman–Crippen LogP) is 7.78. The molecule has 0 fully saturated rings. The van der Waals surface area contributed by atoms with Crippen molar-refractivity contribution >= 4 is 27.5 Å². The zero-order valence-corrected chi connectivity index (χ0v) is 20.3. The van der Waals surface area contributed by atoms with E-state index in [-0.39, 0.29) is 0 Å². The Hall–Kier alpha value is -4.82. The van der Waals surface area contributed by atoms with Crippen molar-refractivity contribution in [2.45, 2.75) is 20.8 Å². The molecule has 6 rings (SSSR count). The van der Waals surface area contributed by atoms with Crippen molar-refractivity contribution < 1.29 is 0 Å². The Balaban J connectivity index is 1.65. The highest BCUT2D eigenvalue weighted by molar-refractivity contribution is 6.10. The van der Waals surface area contributed by atoms with Gasteiger partial charge in [-0.2, -0.15) is 0 Å². The smallest absolute Gasteiger partial charge is 0.198 e. The summed E-state index contributed by atoms with van der Waals surface area (Å²) in [4.78, 5) is 17.2. The van der Waals surface area contributed by atoms with Gasteiger partial charge in [-0.3, -0.25) is 0 Å². The van der Waals surface area contributed by atoms with Crippen LogP contribution in [0.1, 0.15) is 17.2 Å². The molecule has 2 heterocycles. The second kappa shape index (κ2) is 8.44. The number of aromatic nitrogens is 4. The third-order valence-electron chi connectivity index (χ3n) is 6.59. The van der Waals surface area contributed by atoms with Crippen LogP contribution < -0.4 is 0 Å². The lowest BCUT2D eigenvalue weighted by molar-refractivity contribution is 0.929. The lowest BCUT2D eigenvalue weighted by atomic mass is 9.99. The molecule has 4 aromatic carbocycles. The molecule has 0 saturated heterocycles. The van der Waals surface area contributed by atoms with Crippen LogP contribution in [0.2, 0.25) is 0 Å². The minimum atomic E-state index is 0.519. The van der Waals surface area contributed by atoms with Crippen LogP contribution in [0.5, 0.6) is 0 Å². The summed E-state index contributed by atoms with van der Waals surface area (Å²) >= 11 is 0. The van der Waals surface area contributed by atoms with Gasteiger partial charge in [-0.25, -0.2) is 19.8 Å². The molecule has 6 aromatic rings. The molecule has 5 heteroatoms. The first-order chi connectivity index (χ1) is 17.5. The maximum Gasteiger partial charge on any atom is 0.198 e. The normalized spacial score (nSPS) is 11.2. The summed E-state index contributed by atoms with van der Waals surface area (Å²) in [5.74, 6) is 1.80. The number of hydrogen-bond acceptors (Lipinski definition) is 3. The largest absolute Gasteiger partial charge is 0.309 e. The van der Waals surface area contributed by atoms with Crippen LogP contribution in [0, 0.1) is 27.3 Å². The molecule has 5 nitrogen and oxygen atoms in total. The molecule has 0 saturated carbocycles. The SMILES string of the molecule is [C-]#[N+]c1ccc(-n2c3ccccc3c3ccc(-c4ccccc4C)cc32)cc1-c1nc(C)nc(C)n1. The summed E-state index contributed by atoms with van der Waals surface area (Å²) in [6.07, 6.45) is 0. The van der Waals surface area contributed by atoms with Gasteiger partial charge in [-0.05, 0) is 61.7 Å². The molecule has 36 heavy (non-hydrogen) atoms. The van der Waals surface area contributed by atoms with Gasteiger partial charge in [0.2, 0.25) is 0 Å². The zero-order valence-electron chi connectivity index (χ0n) is 20.3. The average Bonchev–Trinajstić information content (AvgIpc) is 3.21. The summed E-state index contributed by atoms with van der Waals surface area (Å²) in [6.45, 7) is 13.6.